The summed E-state index contributed by atoms with van der Waals surface area (Å²) in [6.07, 6.45) is 0. The molecule has 52 heavy (non-hydrogen) atoms. The molecular formula is C48H32N4. The molecule has 0 radical (unpaired) electrons. The second-order valence-corrected chi connectivity index (χ2v) is 14.4. The molecule has 2 heterocycles. The van der Waals surface area contributed by atoms with Crippen LogP contribution in [0.3, 0.4) is 0 Å². The van der Waals surface area contributed by atoms with Crippen LogP contribution < -0.4 is 0 Å². The van der Waals surface area contributed by atoms with Gasteiger partial charge in [0.1, 0.15) is 0 Å². The molecule has 244 valence electrons. The lowest BCUT2D eigenvalue weighted by atomic mass is 9.82. The molecule has 0 saturated heterocycles. The van der Waals surface area contributed by atoms with E-state index in [-0.39, 0.29) is 5.41 Å². The van der Waals surface area contributed by atoms with Crippen molar-refractivity contribution in [3.63, 3.8) is 0 Å². The lowest BCUT2D eigenvalue weighted by Gasteiger charge is -2.21. The minimum Gasteiger partial charge on any atom is -0.277 e. The van der Waals surface area contributed by atoms with Crippen LogP contribution in [0, 0.1) is 0 Å². The fraction of sp³-hybridized carbons (Fsp3) is 0.0625. The third-order valence-electron chi connectivity index (χ3n) is 11.2. The van der Waals surface area contributed by atoms with Crippen LogP contribution >= 0.6 is 0 Å². The zero-order valence-corrected chi connectivity index (χ0v) is 28.8. The van der Waals surface area contributed by atoms with E-state index in [4.69, 9.17) is 15.0 Å². The molecule has 0 N–H and O–H groups in total. The maximum Gasteiger partial charge on any atom is 0.238 e. The smallest absolute Gasteiger partial charge is 0.238 e. The van der Waals surface area contributed by atoms with E-state index in [1.807, 2.05) is 18.2 Å². The Balaban J connectivity index is 1.28. The molecule has 10 aromatic rings. The zero-order chi connectivity index (χ0) is 34.6. The standard InChI is InChI=1S/C48H32N4/c1-48(2)40-23-13-12-20-35(40)38-27-32(24-25-41(38)48)46-49-45(29-14-4-3-5-15-29)50-47(51-46)52-42-28-31-17-7-6-16-30(31)26-39(42)43-36-21-10-8-18-33(36)34-19-9-11-22-37(34)44(43)52/h3-28H,1-2H3. The first kappa shape index (κ1) is 29.1. The Morgan fingerprint density at radius 1 is 0.442 bits per heavy atom. The van der Waals surface area contributed by atoms with Crippen molar-refractivity contribution in [2.45, 2.75) is 19.3 Å². The van der Waals surface area contributed by atoms with Gasteiger partial charge < -0.3 is 0 Å². The Morgan fingerprint density at radius 2 is 1.04 bits per heavy atom. The van der Waals surface area contributed by atoms with Crippen molar-refractivity contribution < 1.29 is 0 Å². The van der Waals surface area contributed by atoms with Crippen molar-refractivity contribution in [1.29, 1.82) is 0 Å². The van der Waals surface area contributed by atoms with Crippen LogP contribution in [-0.4, -0.2) is 19.5 Å². The van der Waals surface area contributed by atoms with Crippen molar-refractivity contribution in [3.8, 4) is 39.9 Å². The fourth-order valence-corrected chi connectivity index (χ4v) is 8.74. The third-order valence-corrected chi connectivity index (χ3v) is 11.2. The molecule has 1 aliphatic rings. The highest BCUT2D eigenvalue weighted by molar-refractivity contribution is 6.32. The number of hydrogen-bond acceptors (Lipinski definition) is 3. The van der Waals surface area contributed by atoms with Crippen LogP contribution in [0.5, 0.6) is 0 Å². The molecule has 0 spiro atoms. The Bertz CT molecular complexity index is 3100. The average Bonchev–Trinajstić information content (AvgIpc) is 3.65. The number of rotatable bonds is 3. The van der Waals surface area contributed by atoms with Gasteiger partial charge in [-0.25, -0.2) is 4.98 Å². The van der Waals surface area contributed by atoms with Crippen LogP contribution in [-0.2, 0) is 5.41 Å². The van der Waals surface area contributed by atoms with Gasteiger partial charge in [0.15, 0.2) is 11.6 Å². The highest BCUT2D eigenvalue weighted by Crippen LogP contribution is 2.49. The van der Waals surface area contributed by atoms with Crippen molar-refractivity contribution in [3.05, 3.63) is 169 Å². The van der Waals surface area contributed by atoms with Gasteiger partial charge in [-0.3, -0.25) is 4.57 Å². The summed E-state index contributed by atoms with van der Waals surface area (Å²) < 4.78 is 2.29. The molecule has 11 rings (SSSR count). The molecule has 0 bridgehead atoms. The molecule has 8 aromatic carbocycles. The van der Waals surface area contributed by atoms with Gasteiger partial charge >= 0.3 is 0 Å². The van der Waals surface area contributed by atoms with E-state index in [0.717, 1.165) is 27.5 Å². The highest BCUT2D eigenvalue weighted by Gasteiger charge is 2.35. The van der Waals surface area contributed by atoms with Crippen LogP contribution in [0.4, 0.5) is 0 Å². The maximum atomic E-state index is 5.40. The van der Waals surface area contributed by atoms with Crippen LogP contribution in [0.2, 0.25) is 0 Å². The summed E-state index contributed by atoms with van der Waals surface area (Å²) in [5, 5.41) is 9.57. The summed E-state index contributed by atoms with van der Waals surface area (Å²) in [6, 6.07) is 56.5. The summed E-state index contributed by atoms with van der Waals surface area (Å²) >= 11 is 0. The number of benzene rings is 8. The summed E-state index contributed by atoms with van der Waals surface area (Å²) in [5.74, 6) is 1.89. The first-order valence-corrected chi connectivity index (χ1v) is 17.9. The molecule has 4 heteroatoms. The fourth-order valence-electron chi connectivity index (χ4n) is 8.74. The van der Waals surface area contributed by atoms with E-state index in [0.29, 0.717) is 17.6 Å². The molecule has 2 aromatic heterocycles. The minimum atomic E-state index is -0.0838. The zero-order valence-electron chi connectivity index (χ0n) is 28.8. The summed E-state index contributed by atoms with van der Waals surface area (Å²) in [7, 11) is 0. The van der Waals surface area contributed by atoms with Crippen molar-refractivity contribution in [2.75, 3.05) is 0 Å². The van der Waals surface area contributed by atoms with Crippen molar-refractivity contribution in [1.82, 2.24) is 19.5 Å². The van der Waals surface area contributed by atoms with Crippen LogP contribution in [0.25, 0.3) is 94.0 Å². The van der Waals surface area contributed by atoms with Crippen LogP contribution in [0.1, 0.15) is 25.0 Å². The van der Waals surface area contributed by atoms with E-state index in [1.165, 1.54) is 60.0 Å². The lowest BCUT2D eigenvalue weighted by molar-refractivity contribution is 0.660. The number of nitrogens with zero attached hydrogens (tertiary/aromatic N) is 4. The third kappa shape index (κ3) is 4.06. The van der Waals surface area contributed by atoms with Gasteiger partial charge in [-0.2, -0.15) is 9.97 Å². The van der Waals surface area contributed by atoms with Crippen LogP contribution in [0.15, 0.2) is 158 Å². The molecule has 0 unspecified atom stereocenters. The first-order chi connectivity index (χ1) is 25.5. The highest BCUT2D eigenvalue weighted by atomic mass is 15.2. The van der Waals surface area contributed by atoms with E-state index >= 15 is 0 Å². The first-order valence-electron chi connectivity index (χ1n) is 17.9. The summed E-state index contributed by atoms with van der Waals surface area (Å²) in [6.45, 7) is 4.62. The Kier molecular flexibility index (Phi) is 5.98. The normalized spacial score (nSPS) is 13.3. The SMILES string of the molecule is CC1(C)c2ccccc2-c2cc(-c3nc(-c4ccccc4)nc(-n4c5cc6ccccc6cc5c5c6ccccc6c6ccccc6c54)n3)ccc21. The van der Waals surface area contributed by atoms with Gasteiger partial charge in [-0.1, -0.05) is 153 Å². The van der Waals surface area contributed by atoms with E-state index in [9.17, 15) is 0 Å². The van der Waals surface area contributed by atoms with E-state index < -0.39 is 0 Å². The van der Waals surface area contributed by atoms with Crippen molar-refractivity contribution in [2.24, 2.45) is 0 Å². The van der Waals surface area contributed by atoms with Gasteiger partial charge in [0, 0.05) is 32.7 Å². The Labute approximate surface area is 300 Å². The molecule has 1 aliphatic carbocycles. The predicted octanol–water partition coefficient (Wildman–Crippen LogP) is 12.1. The molecule has 0 fully saturated rings. The largest absolute Gasteiger partial charge is 0.277 e. The van der Waals surface area contributed by atoms with Crippen molar-refractivity contribution >= 4 is 54.1 Å². The molecule has 4 nitrogen and oxygen atoms in total. The quantitative estimate of drug-likeness (QED) is 0.177. The van der Waals surface area contributed by atoms with E-state index in [1.54, 1.807) is 0 Å². The monoisotopic (exact) mass is 664 g/mol. The average molecular weight is 665 g/mol. The topological polar surface area (TPSA) is 43.6 Å². The predicted molar refractivity (Wildman–Crippen MR) is 215 cm³/mol. The summed E-state index contributed by atoms with van der Waals surface area (Å²) in [4.78, 5) is 15.9. The number of aromatic nitrogens is 4. The minimum absolute atomic E-state index is 0.0838. The van der Waals surface area contributed by atoms with Gasteiger partial charge in [0.25, 0.3) is 0 Å². The molecule has 0 atom stereocenters. The Hall–Kier alpha value is -6.65. The molecule has 0 amide bonds. The molecule has 0 aliphatic heterocycles. The second-order valence-electron chi connectivity index (χ2n) is 14.4. The molecule has 0 saturated carbocycles. The second kappa shape index (κ2) is 10.7. The van der Waals surface area contributed by atoms with Gasteiger partial charge in [0.2, 0.25) is 5.95 Å². The van der Waals surface area contributed by atoms with Gasteiger partial charge in [-0.05, 0) is 67.4 Å². The van der Waals surface area contributed by atoms with Gasteiger partial charge in [0.05, 0.1) is 11.0 Å². The Morgan fingerprint density at radius 3 is 1.83 bits per heavy atom. The van der Waals surface area contributed by atoms with Gasteiger partial charge in [-0.15, -0.1) is 0 Å². The summed E-state index contributed by atoms with van der Waals surface area (Å²) in [5.41, 5.74) is 9.17. The van der Waals surface area contributed by atoms with E-state index in [2.05, 4.69) is 158 Å². The lowest BCUT2D eigenvalue weighted by Crippen LogP contribution is -2.14. The molecular weight excluding hydrogens is 633 g/mol. The maximum absolute atomic E-state index is 5.40. The number of hydrogen-bond donors (Lipinski definition) is 0. The number of fused-ring (bicyclic) bond motifs is 12.